The summed E-state index contributed by atoms with van der Waals surface area (Å²) in [4.78, 5) is 0. The highest BCUT2D eigenvalue weighted by Crippen LogP contribution is 2.23. The van der Waals surface area contributed by atoms with E-state index in [0.717, 1.165) is 14.5 Å². The van der Waals surface area contributed by atoms with Crippen molar-refractivity contribution in [1.29, 1.82) is 0 Å². The van der Waals surface area contributed by atoms with Gasteiger partial charge in [-0.05, 0) is 23.7 Å². The van der Waals surface area contributed by atoms with Crippen molar-refractivity contribution in [3.63, 3.8) is 0 Å². The fourth-order valence-electron chi connectivity index (χ4n) is 1.36. The average Bonchev–Trinajstić information content (AvgIpc) is 2.65. The molecule has 0 fully saturated rings. The third kappa shape index (κ3) is 2.33. The van der Waals surface area contributed by atoms with Crippen molar-refractivity contribution >= 4 is 23.6 Å². The SMILES string of the molecule is CC(C)c1ccc(-c2n[nH]c(=S)s2)cc1. The molecule has 0 aliphatic rings. The third-order valence-electron chi connectivity index (χ3n) is 2.26. The normalized spacial score (nSPS) is 10.9. The molecule has 78 valence electrons. The largest absolute Gasteiger partial charge is 0.258 e. The third-order valence-corrected chi connectivity index (χ3v) is 3.40. The number of aromatic nitrogens is 2. The molecule has 1 N–H and O–H groups in total. The molecular formula is C11H12N2S2. The van der Waals surface area contributed by atoms with Gasteiger partial charge in [-0.1, -0.05) is 49.4 Å². The van der Waals surface area contributed by atoms with Gasteiger partial charge in [0.05, 0.1) is 0 Å². The Morgan fingerprint density at radius 3 is 2.40 bits per heavy atom. The van der Waals surface area contributed by atoms with Crippen LogP contribution in [0.5, 0.6) is 0 Å². The van der Waals surface area contributed by atoms with E-state index in [2.05, 4.69) is 48.3 Å². The van der Waals surface area contributed by atoms with E-state index in [9.17, 15) is 0 Å². The van der Waals surface area contributed by atoms with Crippen molar-refractivity contribution in [3.8, 4) is 10.6 Å². The van der Waals surface area contributed by atoms with Crippen LogP contribution in [0.2, 0.25) is 0 Å². The van der Waals surface area contributed by atoms with Crippen molar-refractivity contribution in [2.45, 2.75) is 19.8 Å². The van der Waals surface area contributed by atoms with Gasteiger partial charge in [-0.15, -0.1) is 0 Å². The summed E-state index contributed by atoms with van der Waals surface area (Å²) in [6.07, 6.45) is 0. The topological polar surface area (TPSA) is 28.7 Å². The monoisotopic (exact) mass is 236 g/mol. The first kappa shape index (κ1) is 10.5. The summed E-state index contributed by atoms with van der Waals surface area (Å²) in [5.41, 5.74) is 2.47. The molecule has 0 aliphatic carbocycles. The Kier molecular flexibility index (Phi) is 2.98. The molecule has 0 amide bonds. The molecule has 2 nitrogen and oxygen atoms in total. The van der Waals surface area contributed by atoms with E-state index in [1.807, 2.05) is 0 Å². The lowest BCUT2D eigenvalue weighted by Gasteiger charge is -2.04. The van der Waals surface area contributed by atoms with Gasteiger partial charge < -0.3 is 0 Å². The van der Waals surface area contributed by atoms with Gasteiger partial charge in [0.1, 0.15) is 5.01 Å². The molecule has 0 bridgehead atoms. The highest BCUT2D eigenvalue weighted by Gasteiger charge is 2.03. The van der Waals surface area contributed by atoms with Crippen LogP contribution in [0.3, 0.4) is 0 Å². The Morgan fingerprint density at radius 1 is 1.27 bits per heavy atom. The van der Waals surface area contributed by atoms with E-state index in [1.165, 1.54) is 16.9 Å². The number of hydrogen-bond acceptors (Lipinski definition) is 3. The summed E-state index contributed by atoms with van der Waals surface area (Å²) >= 11 is 6.50. The smallest absolute Gasteiger partial charge is 0.176 e. The van der Waals surface area contributed by atoms with E-state index >= 15 is 0 Å². The number of nitrogens with zero attached hydrogens (tertiary/aromatic N) is 1. The number of hydrogen-bond donors (Lipinski definition) is 1. The van der Waals surface area contributed by atoms with Crippen molar-refractivity contribution in [1.82, 2.24) is 10.2 Å². The van der Waals surface area contributed by atoms with Crippen molar-refractivity contribution in [3.05, 3.63) is 33.8 Å². The molecule has 0 saturated carbocycles. The molecule has 15 heavy (non-hydrogen) atoms. The molecule has 1 heterocycles. The van der Waals surface area contributed by atoms with Gasteiger partial charge in [-0.3, -0.25) is 5.10 Å². The lowest BCUT2D eigenvalue weighted by molar-refractivity contribution is 0.867. The second kappa shape index (κ2) is 4.24. The van der Waals surface area contributed by atoms with Gasteiger partial charge in [-0.25, -0.2) is 0 Å². The molecule has 1 aromatic heterocycles. The summed E-state index contributed by atoms with van der Waals surface area (Å²) in [5, 5.41) is 7.89. The first-order valence-electron chi connectivity index (χ1n) is 4.82. The van der Waals surface area contributed by atoms with Crippen LogP contribution in [-0.2, 0) is 0 Å². The quantitative estimate of drug-likeness (QED) is 0.799. The lowest BCUT2D eigenvalue weighted by atomic mass is 10.0. The first-order chi connectivity index (χ1) is 7.16. The molecule has 2 aromatic rings. The van der Waals surface area contributed by atoms with Crippen molar-refractivity contribution in [2.75, 3.05) is 0 Å². The second-order valence-electron chi connectivity index (χ2n) is 3.69. The molecule has 0 unspecified atom stereocenters. The molecule has 0 spiro atoms. The summed E-state index contributed by atoms with van der Waals surface area (Å²) in [7, 11) is 0. The van der Waals surface area contributed by atoms with E-state index in [1.54, 1.807) is 0 Å². The van der Waals surface area contributed by atoms with Gasteiger partial charge in [-0.2, -0.15) is 5.10 Å². The van der Waals surface area contributed by atoms with E-state index in [4.69, 9.17) is 12.2 Å². The minimum atomic E-state index is 0.566. The van der Waals surface area contributed by atoms with Crippen LogP contribution in [0.4, 0.5) is 0 Å². The number of benzene rings is 1. The average molecular weight is 236 g/mol. The number of nitrogens with one attached hydrogen (secondary N) is 1. The highest BCUT2D eigenvalue weighted by atomic mass is 32.1. The number of aromatic amines is 1. The fraction of sp³-hybridized carbons (Fsp3) is 0.273. The Balaban J connectivity index is 2.35. The van der Waals surface area contributed by atoms with Gasteiger partial charge in [0.15, 0.2) is 3.95 Å². The molecule has 0 atom stereocenters. The molecule has 0 radical (unpaired) electrons. The lowest BCUT2D eigenvalue weighted by Crippen LogP contribution is -1.86. The molecule has 2 rings (SSSR count). The van der Waals surface area contributed by atoms with Crippen molar-refractivity contribution in [2.24, 2.45) is 0 Å². The van der Waals surface area contributed by atoms with E-state index in [-0.39, 0.29) is 0 Å². The fourth-order valence-corrected chi connectivity index (χ4v) is 2.26. The van der Waals surface area contributed by atoms with Gasteiger partial charge >= 0.3 is 0 Å². The van der Waals surface area contributed by atoms with E-state index in [0.29, 0.717) is 5.92 Å². The van der Waals surface area contributed by atoms with Crippen LogP contribution in [0.25, 0.3) is 10.6 Å². The van der Waals surface area contributed by atoms with Gasteiger partial charge in [0, 0.05) is 5.56 Å². The minimum Gasteiger partial charge on any atom is -0.258 e. The van der Waals surface area contributed by atoms with Crippen LogP contribution in [-0.4, -0.2) is 10.2 Å². The van der Waals surface area contributed by atoms with Gasteiger partial charge in [0.25, 0.3) is 0 Å². The van der Waals surface area contributed by atoms with Crippen LogP contribution in [0.1, 0.15) is 25.3 Å². The van der Waals surface area contributed by atoms with E-state index < -0.39 is 0 Å². The standard InChI is InChI=1S/C11H12N2S2/c1-7(2)8-3-5-9(6-4-8)10-12-13-11(14)15-10/h3-7H,1-2H3,(H,13,14). The van der Waals surface area contributed by atoms with Crippen LogP contribution in [0, 0.1) is 3.95 Å². The molecule has 0 saturated heterocycles. The Morgan fingerprint density at radius 2 is 1.93 bits per heavy atom. The summed E-state index contributed by atoms with van der Waals surface area (Å²) in [6, 6.07) is 8.47. The molecule has 1 aromatic carbocycles. The zero-order chi connectivity index (χ0) is 10.8. The second-order valence-corrected chi connectivity index (χ2v) is 5.36. The summed E-state index contributed by atoms with van der Waals surface area (Å²) < 4.78 is 0.720. The number of H-pyrrole nitrogens is 1. The zero-order valence-electron chi connectivity index (χ0n) is 8.65. The zero-order valence-corrected chi connectivity index (χ0v) is 10.3. The predicted molar refractivity (Wildman–Crippen MR) is 66.8 cm³/mol. The first-order valence-corrected chi connectivity index (χ1v) is 6.05. The maximum atomic E-state index is 5.00. The Bertz CT molecular complexity index is 494. The molecule has 4 heteroatoms. The minimum absolute atomic E-state index is 0.566. The van der Waals surface area contributed by atoms with Crippen LogP contribution in [0.15, 0.2) is 24.3 Å². The number of rotatable bonds is 2. The predicted octanol–water partition coefficient (Wildman–Crippen LogP) is 3.99. The van der Waals surface area contributed by atoms with Crippen molar-refractivity contribution < 1.29 is 0 Å². The molecule has 0 aliphatic heterocycles. The maximum Gasteiger partial charge on any atom is 0.176 e. The van der Waals surface area contributed by atoms with Crippen LogP contribution < -0.4 is 0 Å². The Hall–Kier alpha value is -1.00. The molecular weight excluding hydrogens is 224 g/mol. The summed E-state index contributed by atoms with van der Waals surface area (Å²) in [5.74, 6) is 0.566. The summed E-state index contributed by atoms with van der Waals surface area (Å²) in [6.45, 7) is 4.38. The van der Waals surface area contributed by atoms with Gasteiger partial charge in [0.2, 0.25) is 0 Å². The van der Waals surface area contributed by atoms with Crippen LogP contribution >= 0.6 is 23.6 Å². The Labute approximate surface area is 98.0 Å². The maximum absolute atomic E-state index is 5.00. The highest BCUT2D eigenvalue weighted by molar-refractivity contribution is 7.73.